The van der Waals surface area contributed by atoms with Gasteiger partial charge in [-0.3, -0.25) is 4.79 Å². The van der Waals surface area contributed by atoms with Gasteiger partial charge in [0.1, 0.15) is 11.4 Å². The second kappa shape index (κ2) is 3.17. The second-order valence-corrected chi connectivity index (χ2v) is 3.70. The molecule has 2 nitrogen and oxygen atoms in total. The van der Waals surface area contributed by atoms with Crippen LogP contribution in [-0.2, 0) is 16.8 Å². The van der Waals surface area contributed by atoms with Crippen molar-refractivity contribution >= 4 is 6.29 Å². The predicted molar refractivity (Wildman–Crippen MR) is 49.3 cm³/mol. The molecule has 14 heavy (non-hydrogen) atoms. The summed E-state index contributed by atoms with van der Waals surface area (Å²) in [7, 11) is 0. The van der Waals surface area contributed by atoms with E-state index >= 15 is 0 Å². The van der Waals surface area contributed by atoms with E-state index in [0.29, 0.717) is 24.7 Å². The molecule has 0 fully saturated rings. The van der Waals surface area contributed by atoms with Gasteiger partial charge in [-0.05, 0) is 42.5 Å². The van der Waals surface area contributed by atoms with Gasteiger partial charge in [0, 0.05) is 0 Å². The monoisotopic (exact) mass is 194 g/mol. The molecule has 74 valence electrons. The van der Waals surface area contributed by atoms with Gasteiger partial charge in [-0.2, -0.15) is 0 Å². The normalized spacial score (nSPS) is 25.6. The first-order valence-corrected chi connectivity index (χ1v) is 4.63. The summed E-state index contributed by atoms with van der Waals surface area (Å²) in [4.78, 5) is 10.8. The molecule has 1 N–H and O–H groups in total. The van der Waals surface area contributed by atoms with Gasteiger partial charge in [-0.25, -0.2) is 4.39 Å². The van der Waals surface area contributed by atoms with E-state index in [4.69, 9.17) is 0 Å². The lowest BCUT2D eigenvalue weighted by molar-refractivity contribution is -0.126. The van der Waals surface area contributed by atoms with Gasteiger partial charge in [-0.15, -0.1) is 0 Å². The van der Waals surface area contributed by atoms with Crippen molar-refractivity contribution in [2.75, 3.05) is 0 Å². The second-order valence-electron chi connectivity index (χ2n) is 3.70. The molecule has 2 rings (SSSR count). The van der Waals surface area contributed by atoms with E-state index in [1.165, 1.54) is 18.2 Å². The molecule has 0 bridgehead atoms. The Morgan fingerprint density at radius 1 is 1.50 bits per heavy atom. The molecule has 0 spiro atoms. The Labute approximate surface area is 81.4 Å². The molecule has 1 aromatic rings. The zero-order valence-electron chi connectivity index (χ0n) is 7.66. The number of benzene rings is 1. The highest BCUT2D eigenvalue weighted by atomic mass is 19.1. The number of halogens is 1. The SMILES string of the molecule is O=CC1(O)CCCc2cc(F)ccc21. The third kappa shape index (κ3) is 1.34. The number of aryl methyl sites for hydroxylation is 1. The van der Waals surface area contributed by atoms with Crippen molar-refractivity contribution in [1.82, 2.24) is 0 Å². The molecule has 0 saturated carbocycles. The third-order valence-electron chi connectivity index (χ3n) is 2.73. The zero-order valence-corrected chi connectivity index (χ0v) is 7.66. The summed E-state index contributed by atoms with van der Waals surface area (Å²) in [5.41, 5.74) is -0.104. The minimum absolute atomic E-state index is 0.320. The van der Waals surface area contributed by atoms with E-state index in [-0.39, 0.29) is 5.82 Å². The number of carbonyl (C=O) groups excluding carboxylic acids is 1. The highest BCUT2D eigenvalue weighted by Crippen LogP contribution is 2.33. The maximum Gasteiger partial charge on any atom is 0.156 e. The Morgan fingerprint density at radius 2 is 2.29 bits per heavy atom. The van der Waals surface area contributed by atoms with E-state index in [1.807, 2.05) is 0 Å². The van der Waals surface area contributed by atoms with E-state index in [9.17, 15) is 14.3 Å². The smallest absolute Gasteiger partial charge is 0.156 e. The Bertz CT molecular complexity index is 376. The van der Waals surface area contributed by atoms with Crippen LogP contribution in [-0.4, -0.2) is 11.4 Å². The van der Waals surface area contributed by atoms with E-state index in [2.05, 4.69) is 0 Å². The number of hydrogen-bond donors (Lipinski definition) is 1. The largest absolute Gasteiger partial charge is 0.378 e. The molecular weight excluding hydrogens is 183 g/mol. The van der Waals surface area contributed by atoms with Crippen LogP contribution >= 0.6 is 0 Å². The fraction of sp³-hybridized carbons (Fsp3) is 0.364. The minimum atomic E-state index is -1.40. The summed E-state index contributed by atoms with van der Waals surface area (Å²) in [6, 6.07) is 4.17. The molecule has 0 aromatic heterocycles. The summed E-state index contributed by atoms with van der Waals surface area (Å²) in [6.07, 6.45) is 2.41. The predicted octanol–water partition coefficient (Wildman–Crippen LogP) is 1.55. The molecule has 1 aliphatic carbocycles. The number of carbonyl (C=O) groups is 1. The lowest BCUT2D eigenvalue weighted by Gasteiger charge is -2.29. The van der Waals surface area contributed by atoms with Crippen molar-refractivity contribution < 1.29 is 14.3 Å². The lowest BCUT2D eigenvalue weighted by Crippen LogP contribution is -2.32. The topological polar surface area (TPSA) is 37.3 Å². The van der Waals surface area contributed by atoms with Crippen molar-refractivity contribution in [2.45, 2.75) is 24.9 Å². The van der Waals surface area contributed by atoms with Gasteiger partial charge < -0.3 is 5.11 Å². The summed E-state index contributed by atoms with van der Waals surface area (Å²) < 4.78 is 12.9. The fourth-order valence-corrected chi connectivity index (χ4v) is 2.00. The molecule has 0 saturated heterocycles. The van der Waals surface area contributed by atoms with Crippen molar-refractivity contribution in [3.8, 4) is 0 Å². The molecule has 1 atom stereocenters. The van der Waals surface area contributed by atoms with Crippen LogP contribution in [0, 0.1) is 5.82 Å². The number of aliphatic hydroxyl groups is 1. The van der Waals surface area contributed by atoms with Crippen LogP contribution < -0.4 is 0 Å². The van der Waals surface area contributed by atoms with Crippen molar-refractivity contribution in [3.05, 3.63) is 35.1 Å². The maximum absolute atomic E-state index is 12.9. The average molecular weight is 194 g/mol. The Hall–Kier alpha value is -1.22. The molecule has 0 heterocycles. The Morgan fingerprint density at radius 3 is 3.00 bits per heavy atom. The van der Waals surface area contributed by atoms with Crippen molar-refractivity contribution in [1.29, 1.82) is 0 Å². The molecule has 1 aromatic carbocycles. The lowest BCUT2D eigenvalue weighted by atomic mass is 9.80. The van der Waals surface area contributed by atoms with E-state index < -0.39 is 5.60 Å². The van der Waals surface area contributed by atoms with Crippen LogP contribution in [0.2, 0.25) is 0 Å². The average Bonchev–Trinajstić information content (AvgIpc) is 2.18. The summed E-state index contributed by atoms with van der Waals surface area (Å²) >= 11 is 0. The van der Waals surface area contributed by atoms with Gasteiger partial charge in [0.25, 0.3) is 0 Å². The Balaban J connectivity index is 2.55. The number of hydrogen-bond acceptors (Lipinski definition) is 2. The van der Waals surface area contributed by atoms with Crippen LogP contribution in [0.5, 0.6) is 0 Å². The van der Waals surface area contributed by atoms with Crippen molar-refractivity contribution in [2.24, 2.45) is 0 Å². The summed E-state index contributed by atoms with van der Waals surface area (Å²) in [5.74, 6) is -0.320. The quantitative estimate of drug-likeness (QED) is 0.689. The van der Waals surface area contributed by atoms with E-state index in [0.717, 1.165) is 12.0 Å². The molecule has 0 radical (unpaired) electrons. The third-order valence-corrected chi connectivity index (χ3v) is 2.73. The standard InChI is InChI=1S/C11H11FO2/c12-9-3-4-10-8(6-9)2-1-5-11(10,14)7-13/h3-4,6-7,14H,1-2,5H2. The maximum atomic E-state index is 12.9. The first kappa shape index (κ1) is 9.34. The minimum Gasteiger partial charge on any atom is -0.378 e. The molecular formula is C11H11FO2. The first-order chi connectivity index (χ1) is 6.65. The number of fused-ring (bicyclic) bond motifs is 1. The molecule has 0 amide bonds. The van der Waals surface area contributed by atoms with Crippen LogP contribution in [0.3, 0.4) is 0 Å². The molecule has 1 aliphatic rings. The van der Waals surface area contributed by atoms with Crippen LogP contribution in [0.15, 0.2) is 18.2 Å². The zero-order chi connectivity index (χ0) is 10.2. The van der Waals surface area contributed by atoms with Gasteiger partial charge in [0.15, 0.2) is 6.29 Å². The van der Waals surface area contributed by atoms with Crippen LogP contribution in [0.1, 0.15) is 24.0 Å². The number of rotatable bonds is 1. The molecule has 3 heteroatoms. The highest BCUT2D eigenvalue weighted by Gasteiger charge is 2.33. The van der Waals surface area contributed by atoms with Gasteiger partial charge in [0.05, 0.1) is 0 Å². The molecule has 0 aliphatic heterocycles. The van der Waals surface area contributed by atoms with Crippen LogP contribution in [0.4, 0.5) is 4.39 Å². The van der Waals surface area contributed by atoms with Gasteiger partial charge in [-0.1, -0.05) is 6.07 Å². The summed E-state index contributed by atoms with van der Waals surface area (Å²) in [6.45, 7) is 0. The van der Waals surface area contributed by atoms with Crippen molar-refractivity contribution in [3.63, 3.8) is 0 Å². The number of aldehydes is 1. The Kier molecular flexibility index (Phi) is 2.11. The van der Waals surface area contributed by atoms with E-state index in [1.54, 1.807) is 0 Å². The van der Waals surface area contributed by atoms with Crippen LogP contribution in [0.25, 0.3) is 0 Å². The highest BCUT2D eigenvalue weighted by molar-refractivity contribution is 5.67. The fourth-order valence-electron chi connectivity index (χ4n) is 2.00. The van der Waals surface area contributed by atoms with Gasteiger partial charge in [0.2, 0.25) is 0 Å². The molecule has 1 unspecified atom stereocenters. The summed E-state index contributed by atoms with van der Waals surface area (Å²) in [5, 5.41) is 9.93. The van der Waals surface area contributed by atoms with Gasteiger partial charge >= 0.3 is 0 Å². The first-order valence-electron chi connectivity index (χ1n) is 4.63.